The molecule has 2 aromatic carbocycles. The van der Waals surface area contributed by atoms with Gasteiger partial charge < -0.3 is 16.2 Å². The monoisotopic (exact) mass is 348 g/mol. The zero-order chi connectivity index (χ0) is 18.6. The Labute approximate surface area is 141 Å². The highest BCUT2D eigenvalue weighted by molar-refractivity contribution is 5.97. The van der Waals surface area contributed by atoms with Gasteiger partial charge in [0.1, 0.15) is 17.7 Å². The highest BCUT2D eigenvalue weighted by Gasteiger charge is 2.20. The SMILES string of the molecule is NC(=O)[C@H](Cc1ccc(C(=O)O)cc1)NC(=O)c1cc(F)cc(F)c1. The summed E-state index contributed by atoms with van der Waals surface area (Å²) in [5.41, 5.74) is 5.59. The number of primary amides is 1. The number of hydrogen-bond donors (Lipinski definition) is 3. The van der Waals surface area contributed by atoms with E-state index in [-0.39, 0.29) is 17.5 Å². The molecule has 0 unspecified atom stereocenters. The summed E-state index contributed by atoms with van der Waals surface area (Å²) in [6.07, 6.45) is -0.00122. The Morgan fingerprint density at radius 1 is 1.00 bits per heavy atom. The van der Waals surface area contributed by atoms with E-state index < -0.39 is 35.5 Å². The number of nitrogens with one attached hydrogen (secondary N) is 1. The van der Waals surface area contributed by atoms with Gasteiger partial charge in [-0.3, -0.25) is 9.59 Å². The van der Waals surface area contributed by atoms with E-state index >= 15 is 0 Å². The second kappa shape index (κ2) is 7.52. The predicted octanol–water partition coefficient (Wildman–Crippen LogP) is 1.49. The second-order valence-electron chi connectivity index (χ2n) is 5.29. The maximum Gasteiger partial charge on any atom is 0.335 e. The maximum absolute atomic E-state index is 13.2. The smallest absolute Gasteiger partial charge is 0.335 e. The van der Waals surface area contributed by atoms with Crippen LogP contribution in [0.5, 0.6) is 0 Å². The number of halogens is 2. The van der Waals surface area contributed by atoms with Gasteiger partial charge in [-0.2, -0.15) is 0 Å². The van der Waals surface area contributed by atoms with Crippen LogP contribution in [0.4, 0.5) is 8.78 Å². The van der Waals surface area contributed by atoms with Crippen LogP contribution in [0.1, 0.15) is 26.3 Å². The van der Waals surface area contributed by atoms with Crippen LogP contribution in [0.25, 0.3) is 0 Å². The summed E-state index contributed by atoms with van der Waals surface area (Å²) in [7, 11) is 0. The summed E-state index contributed by atoms with van der Waals surface area (Å²) >= 11 is 0. The lowest BCUT2D eigenvalue weighted by molar-refractivity contribution is -0.119. The van der Waals surface area contributed by atoms with Gasteiger partial charge in [0.15, 0.2) is 0 Å². The maximum atomic E-state index is 13.2. The highest BCUT2D eigenvalue weighted by atomic mass is 19.1. The summed E-state index contributed by atoms with van der Waals surface area (Å²) in [6.45, 7) is 0. The molecule has 4 N–H and O–H groups in total. The molecule has 0 heterocycles. The van der Waals surface area contributed by atoms with Gasteiger partial charge in [0.25, 0.3) is 5.91 Å². The molecule has 1 atom stereocenters. The Balaban J connectivity index is 2.13. The van der Waals surface area contributed by atoms with E-state index in [2.05, 4.69) is 5.32 Å². The lowest BCUT2D eigenvalue weighted by Crippen LogP contribution is -2.45. The average molecular weight is 348 g/mol. The quantitative estimate of drug-likeness (QED) is 0.735. The van der Waals surface area contributed by atoms with Gasteiger partial charge in [-0.1, -0.05) is 12.1 Å². The van der Waals surface area contributed by atoms with Crippen LogP contribution in [-0.2, 0) is 11.2 Å². The Morgan fingerprint density at radius 2 is 1.56 bits per heavy atom. The molecule has 0 aliphatic carbocycles. The molecule has 25 heavy (non-hydrogen) atoms. The molecule has 2 rings (SSSR count). The third-order valence-corrected chi connectivity index (χ3v) is 3.41. The van der Waals surface area contributed by atoms with Crippen molar-refractivity contribution in [1.29, 1.82) is 0 Å². The van der Waals surface area contributed by atoms with E-state index in [0.29, 0.717) is 11.6 Å². The number of aromatic carboxylic acids is 1. The molecule has 130 valence electrons. The first-order chi connectivity index (χ1) is 11.8. The zero-order valence-corrected chi connectivity index (χ0v) is 12.8. The molecule has 2 amide bonds. The fourth-order valence-corrected chi connectivity index (χ4v) is 2.17. The molecule has 6 nitrogen and oxygen atoms in total. The Bertz CT molecular complexity index is 802. The highest BCUT2D eigenvalue weighted by Crippen LogP contribution is 2.10. The van der Waals surface area contributed by atoms with Crippen molar-refractivity contribution in [2.45, 2.75) is 12.5 Å². The second-order valence-corrected chi connectivity index (χ2v) is 5.29. The van der Waals surface area contributed by atoms with Crippen molar-refractivity contribution < 1.29 is 28.3 Å². The van der Waals surface area contributed by atoms with Gasteiger partial charge in [-0.25, -0.2) is 13.6 Å². The lowest BCUT2D eigenvalue weighted by atomic mass is 10.0. The van der Waals surface area contributed by atoms with E-state index in [9.17, 15) is 23.2 Å². The van der Waals surface area contributed by atoms with Gasteiger partial charge >= 0.3 is 5.97 Å². The van der Waals surface area contributed by atoms with Crippen molar-refractivity contribution in [1.82, 2.24) is 5.32 Å². The fourth-order valence-electron chi connectivity index (χ4n) is 2.17. The van der Waals surface area contributed by atoms with Crippen molar-refractivity contribution in [3.05, 3.63) is 70.8 Å². The van der Waals surface area contributed by atoms with E-state index in [1.807, 2.05) is 0 Å². The lowest BCUT2D eigenvalue weighted by Gasteiger charge is -2.16. The minimum atomic E-state index is -1.13. The molecule has 8 heteroatoms. The molecule has 0 saturated carbocycles. The van der Waals surface area contributed by atoms with E-state index in [1.54, 1.807) is 0 Å². The van der Waals surface area contributed by atoms with Crippen molar-refractivity contribution >= 4 is 17.8 Å². The number of carbonyl (C=O) groups is 3. The van der Waals surface area contributed by atoms with Crippen LogP contribution in [0.2, 0.25) is 0 Å². The molecule has 2 aromatic rings. The topological polar surface area (TPSA) is 109 Å². The molecular formula is C17H14F2N2O4. The molecule has 0 bridgehead atoms. The summed E-state index contributed by atoms with van der Waals surface area (Å²) in [5, 5.41) is 11.2. The molecule has 0 aliphatic rings. The number of hydrogen-bond acceptors (Lipinski definition) is 3. The normalized spacial score (nSPS) is 11.6. The first kappa shape index (κ1) is 18.1. The molecule has 0 radical (unpaired) electrons. The summed E-state index contributed by atoms with van der Waals surface area (Å²) in [4.78, 5) is 34.4. The number of carbonyl (C=O) groups excluding carboxylic acids is 2. The number of amides is 2. The number of carboxylic acids is 1. The Morgan fingerprint density at radius 3 is 2.04 bits per heavy atom. The zero-order valence-electron chi connectivity index (χ0n) is 12.8. The first-order valence-corrected chi connectivity index (χ1v) is 7.15. The minimum Gasteiger partial charge on any atom is -0.478 e. The third-order valence-electron chi connectivity index (χ3n) is 3.41. The van der Waals surface area contributed by atoms with E-state index in [1.165, 1.54) is 24.3 Å². The van der Waals surface area contributed by atoms with Crippen LogP contribution >= 0.6 is 0 Å². The van der Waals surface area contributed by atoms with E-state index in [4.69, 9.17) is 10.8 Å². The van der Waals surface area contributed by atoms with E-state index in [0.717, 1.165) is 12.1 Å². The molecule has 0 saturated heterocycles. The van der Waals surface area contributed by atoms with Gasteiger partial charge in [0, 0.05) is 18.1 Å². The summed E-state index contributed by atoms with van der Waals surface area (Å²) < 4.78 is 26.3. The van der Waals surface area contributed by atoms with Crippen LogP contribution < -0.4 is 11.1 Å². The van der Waals surface area contributed by atoms with Crippen LogP contribution in [0, 0.1) is 11.6 Å². The van der Waals surface area contributed by atoms with Crippen LogP contribution in [-0.4, -0.2) is 28.9 Å². The molecule has 0 aromatic heterocycles. The van der Waals surface area contributed by atoms with Gasteiger partial charge in [0.2, 0.25) is 5.91 Å². The molecule has 0 fully saturated rings. The molecular weight excluding hydrogens is 334 g/mol. The number of carboxylic acid groups (broad SMARTS) is 1. The standard InChI is InChI=1S/C17H14F2N2O4/c18-12-6-11(7-13(19)8-12)16(23)21-14(15(20)22)5-9-1-3-10(4-2-9)17(24)25/h1-4,6-8,14H,5H2,(H2,20,22)(H,21,23)(H,24,25)/t14-/m0/s1. The van der Waals surface area contributed by atoms with Crippen molar-refractivity contribution in [2.75, 3.05) is 0 Å². The largest absolute Gasteiger partial charge is 0.478 e. The van der Waals surface area contributed by atoms with Gasteiger partial charge in [-0.05, 0) is 29.8 Å². The van der Waals surface area contributed by atoms with Crippen LogP contribution in [0.15, 0.2) is 42.5 Å². The average Bonchev–Trinajstić information content (AvgIpc) is 2.53. The number of rotatable bonds is 6. The molecule has 0 spiro atoms. The number of benzene rings is 2. The Hall–Kier alpha value is -3.29. The summed E-state index contributed by atoms with van der Waals surface area (Å²) in [6, 6.07) is 6.80. The first-order valence-electron chi connectivity index (χ1n) is 7.15. The molecule has 0 aliphatic heterocycles. The minimum absolute atomic E-state index is 0.00122. The Kier molecular flexibility index (Phi) is 5.43. The third kappa shape index (κ3) is 4.84. The van der Waals surface area contributed by atoms with Gasteiger partial charge in [0.05, 0.1) is 5.56 Å². The fraction of sp³-hybridized carbons (Fsp3) is 0.118. The van der Waals surface area contributed by atoms with Crippen molar-refractivity contribution in [2.24, 2.45) is 5.73 Å². The van der Waals surface area contributed by atoms with Gasteiger partial charge in [-0.15, -0.1) is 0 Å². The number of nitrogens with two attached hydrogens (primary N) is 1. The van der Waals surface area contributed by atoms with Crippen molar-refractivity contribution in [3.63, 3.8) is 0 Å². The van der Waals surface area contributed by atoms with Crippen molar-refractivity contribution in [3.8, 4) is 0 Å². The predicted molar refractivity (Wildman–Crippen MR) is 83.9 cm³/mol. The summed E-state index contributed by atoms with van der Waals surface area (Å²) in [5.74, 6) is -4.65. The van der Waals surface area contributed by atoms with Crippen LogP contribution in [0.3, 0.4) is 0 Å².